The summed E-state index contributed by atoms with van der Waals surface area (Å²) in [6.07, 6.45) is 2.00. The van der Waals surface area contributed by atoms with Crippen molar-refractivity contribution < 1.29 is 9.13 Å². The number of nitriles is 1. The second-order valence-electron chi connectivity index (χ2n) is 6.50. The molecule has 1 fully saturated rings. The van der Waals surface area contributed by atoms with Gasteiger partial charge in [-0.15, -0.1) is 0 Å². The number of ether oxygens (including phenoxy) is 1. The molecule has 26 heavy (non-hydrogen) atoms. The summed E-state index contributed by atoms with van der Waals surface area (Å²) in [5.74, 6) is 0.182. The van der Waals surface area contributed by atoms with Gasteiger partial charge in [-0.3, -0.25) is 4.90 Å². The first kappa shape index (κ1) is 19.0. The number of piperidine rings is 1. The fourth-order valence-electron chi connectivity index (χ4n) is 3.15. The van der Waals surface area contributed by atoms with Crippen LogP contribution in [-0.2, 0) is 6.54 Å². The average Bonchev–Trinajstić information content (AvgIpc) is 2.64. The van der Waals surface area contributed by atoms with Crippen LogP contribution in [0.4, 0.5) is 4.39 Å². The average molecular weight is 393 g/mol. The lowest BCUT2D eigenvalue weighted by Crippen LogP contribution is -2.35. The molecule has 0 amide bonds. The molecule has 0 bridgehead atoms. The molecule has 1 saturated heterocycles. The molecule has 1 aliphatic heterocycles. The van der Waals surface area contributed by atoms with Crippen molar-refractivity contribution in [1.82, 2.24) is 4.90 Å². The van der Waals surface area contributed by atoms with Gasteiger partial charge in [0, 0.05) is 6.54 Å². The molecule has 0 saturated carbocycles. The second-order valence-corrected chi connectivity index (χ2v) is 7.32. The van der Waals surface area contributed by atoms with E-state index in [-0.39, 0.29) is 5.56 Å². The van der Waals surface area contributed by atoms with Crippen molar-refractivity contribution in [2.45, 2.75) is 19.4 Å². The maximum atomic E-state index is 13.6. The van der Waals surface area contributed by atoms with Crippen LogP contribution in [0.15, 0.2) is 36.4 Å². The summed E-state index contributed by atoms with van der Waals surface area (Å²) in [5, 5.41) is 10.2. The molecule has 2 aromatic rings. The Hall–Kier alpha value is -1.80. The van der Waals surface area contributed by atoms with E-state index in [2.05, 4.69) is 4.90 Å². The van der Waals surface area contributed by atoms with Gasteiger partial charge in [0.2, 0.25) is 0 Å². The summed E-state index contributed by atoms with van der Waals surface area (Å²) >= 11 is 12.0. The number of hydrogen-bond acceptors (Lipinski definition) is 3. The Balaban J connectivity index is 1.49. The zero-order chi connectivity index (χ0) is 18.5. The van der Waals surface area contributed by atoms with Gasteiger partial charge < -0.3 is 4.74 Å². The van der Waals surface area contributed by atoms with Crippen LogP contribution < -0.4 is 4.74 Å². The molecule has 3 rings (SSSR count). The largest absolute Gasteiger partial charge is 0.492 e. The van der Waals surface area contributed by atoms with Crippen LogP contribution in [-0.4, -0.2) is 24.6 Å². The van der Waals surface area contributed by atoms with Crippen molar-refractivity contribution >= 4 is 23.2 Å². The third-order valence-corrected chi connectivity index (χ3v) is 5.40. The molecule has 0 N–H and O–H groups in total. The first-order valence-electron chi connectivity index (χ1n) is 8.54. The molecule has 0 spiro atoms. The molecule has 3 nitrogen and oxygen atoms in total. The Labute approximate surface area is 162 Å². The molecular formula is C20H19Cl2FN2O. The summed E-state index contributed by atoms with van der Waals surface area (Å²) in [5.41, 5.74) is 1.12. The van der Waals surface area contributed by atoms with Crippen molar-refractivity contribution in [1.29, 1.82) is 5.26 Å². The van der Waals surface area contributed by atoms with Crippen LogP contribution in [0.5, 0.6) is 5.75 Å². The molecule has 6 heteroatoms. The Morgan fingerprint density at radius 3 is 2.62 bits per heavy atom. The van der Waals surface area contributed by atoms with Gasteiger partial charge >= 0.3 is 0 Å². The van der Waals surface area contributed by atoms with Crippen molar-refractivity contribution in [3.8, 4) is 11.8 Å². The van der Waals surface area contributed by atoms with Crippen molar-refractivity contribution in [3.05, 3.63) is 63.4 Å². The molecule has 0 aliphatic carbocycles. The molecular weight excluding hydrogens is 374 g/mol. The number of benzene rings is 2. The van der Waals surface area contributed by atoms with Gasteiger partial charge in [0.15, 0.2) is 0 Å². The van der Waals surface area contributed by atoms with E-state index >= 15 is 0 Å². The van der Waals surface area contributed by atoms with Crippen molar-refractivity contribution in [2.75, 3.05) is 19.7 Å². The Morgan fingerprint density at radius 1 is 1.15 bits per heavy atom. The normalized spacial score (nSPS) is 15.6. The van der Waals surface area contributed by atoms with Crippen LogP contribution in [0, 0.1) is 23.1 Å². The maximum Gasteiger partial charge on any atom is 0.144 e. The lowest BCUT2D eigenvalue weighted by molar-refractivity contribution is 0.136. The summed E-state index contributed by atoms with van der Waals surface area (Å²) < 4.78 is 19.3. The third kappa shape index (κ3) is 4.67. The van der Waals surface area contributed by atoms with E-state index in [0.29, 0.717) is 28.3 Å². The van der Waals surface area contributed by atoms with Gasteiger partial charge in [-0.2, -0.15) is 5.26 Å². The molecule has 1 aliphatic rings. The quantitative estimate of drug-likeness (QED) is 0.692. The highest BCUT2D eigenvalue weighted by atomic mass is 35.5. The number of nitrogens with zero attached hydrogens (tertiary/aromatic N) is 2. The van der Waals surface area contributed by atoms with Gasteiger partial charge in [0.1, 0.15) is 23.2 Å². The minimum Gasteiger partial charge on any atom is -0.492 e. The highest BCUT2D eigenvalue weighted by Crippen LogP contribution is 2.26. The van der Waals surface area contributed by atoms with Crippen LogP contribution >= 0.6 is 23.2 Å². The Bertz CT molecular complexity index is 814. The summed E-state index contributed by atoms with van der Waals surface area (Å²) in [7, 11) is 0. The van der Waals surface area contributed by atoms with Crippen LogP contribution in [0.25, 0.3) is 0 Å². The first-order valence-corrected chi connectivity index (χ1v) is 9.30. The molecule has 0 aromatic heterocycles. The summed E-state index contributed by atoms with van der Waals surface area (Å²) in [4.78, 5) is 2.37. The Morgan fingerprint density at radius 2 is 1.92 bits per heavy atom. The van der Waals surface area contributed by atoms with Gasteiger partial charge in [0.05, 0.1) is 16.7 Å². The van der Waals surface area contributed by atoms with Gasteiger partial charge in [0.25, 0.3) is 0 Å². The summed E-state index contributed by atoms with van der Waals surface area (Å²) in [6.45, 7) is 3.26. The predicted octanol–water partition coefficient (Wildman–Crippen LogP) is 5.30. The number of halogens is 3. The smallest absolute Gasteiger partial charge is 0.144 e. The van der Waals surface area contributed by atoms with E-state index in [4.69, 9.17) is 33.2 Å². The van der Waals surface area contributed by atoms with Crippen LogP contribution in [0.1, 0.15) is 24.0 Å². The van der Waals surface area contributed by atoms with Crippen molar-refractivity contribution in [2.24, 2.45) is 5.92 Å². The molecule has 0 radical (unpaired) electrons. The van der Waals surface area contributed by atoms with Crippen molar-refractivity contribution in [3.63, 3.8) is 0 Å². The molecule has 0 unspecified atom stereocenters. The zero-order valence-corrected chi connectivity index (χ0v) is 15.7. The fourth-order valence-corrected chi connectivity index (χ4v) is 3.47. The topological polar surface area (TPSA) is 36.3 Å². The lowest BCUT2D eigenvalue weighted by Gasteiger charge is -2.32. The second kappa shape index (κ2) is 8.73. The first-order chi connectivity index (χ1) is 12.6. The Kier molecular flexibility index (Phi) is 6.37. The van der Waals surface area contributed by atoms with Crippen LogP contribution in [0.2, 0.25) is 10.0 Å². The molecule has 1 heterocycles. The predicted molar refractivity (Wildman–Crippen MR) is 101 cm³/mol. The van der Waals surface area contributed by atoms with Gasteiger partial charge in [-0.1, -0.05) is 35.3 Å². The standard InChI is InChI=1S/C20H19Cl2FN2O/c21-17-5-4-15(10-18(17)22)12-25-8-6-14(7-9-25)13-26-20-3-1-2-19(23)16(20)11-24/h1-5,10,14H,6-9,12-13H2. The van der Waals surface area contributed by atoms with E-state index in [1.807, 2.05) is 24.3 Å². The minimum atomic E-state index is -0.540. The highest BCUT2D eigenvalue weighted by molar-refractivity contribution is 6.42. The van der Waals surface area contributed by atoms with Gasteiger partial charge in [-0.05, 0) is 61.7 Å². The van der Waals surface area contributed by atoms with E-state index < -0.39 is 5.82 Å². The maximum absolute atomic E-state index is 13.6. The van der Waals surface area contributed by atoms with Gasteiger partial charge in [-0.25, -0.2) is 4.39 Å². The summed E-state index contributed by atoms with van der Waals surface area (Å²) in [6, 6.07) is 12.1. The van der Waals surface area contributed by atoms with E-state index in [1.54, 1.807) is 12.1 Å². The number of likely N-dealkylation sites (tertiary alicyclic amines) is 1. The number of hydrogen-bond donors (Lipinski definition) is 0. The number of rotatable bonds is 5. The lowest BCUT2D eigenvalue weighted by atomic mass is 9.97. The molecule has 136 valence electrons. The minimum absolute atomic E-state index is 0.0236. The zero-order valence-electron chi connectivity index (χ0n) is 14.2. The van der Waals surface area contributed by atoms with E-state index in [9.17, 15) is 4.39 Å². The van der Waals surface area contributed by atoms with Crippen LogP contribution in [0.3, 0.4) is 0 Å². The monoisotopic (exact) mass is 392 g/mol. The molecule has 0 atom stereocenters. The van der Waals surface area contributed by atoms with E-state index in [1.165, 1.54) is 6.07 Å². The SMILES string of the molecule is N#Cc1c(F)cccc1OCC1CCN(Cc2ccc(Cl)c(Cl)c2)CC1. The molecule has 2 aromatic carbocycles. The van der Waals surface area contributed by atoms with E-state index in [0.717, 1.165) is 38.0 Å². The third-order valence-electron chi connectivity index (χ3n) is 4.66. The highest BCUT2D eigenvalue weighted by Gasteiger charge is 2.21. The fraction of sp³-hybridized carbons (Fsp3) is 0.350.